The lowest BCUT2D eigenvalue weighted by Crippen LogP contribution is -2.32. The molecule has 0 fully saturated rings. The van der Waals surface area contributed by atoms with Crippen LogP contribution in [0, 0.1) is 0 Å². The van der Waals surface area contributed by atoms with Gasteiger partial charge in [0.05, 0.1) is 23.2 Å². The summed E-state index contributed by atoms with van der Waals surface area (Å²) in [7, 11) is 1.71. The maximum Gasteiger partial charge on any atom is 0.262 e. The van der Waals surface area contributed by atoms with Crippen molar-refractivity contribution in [1.29, 1.82) is 0 Å². The van der Waals surface area contributed by atoms with Gasteiger partial charge in [0.2, 0.25) is 5.91 Å². The predicted octanol–water partition coefficient (Wildman–Crippen LogP) is 3.06. The van der Waals surface area contributed by atoms with E-state index in [9.17, 15) is 14.7 Å². The third-order valence-corrected chi connectivity index (χ3v) is 5.84. The van der Waals surface area contributed by atoms with Gasteiger partial charge in [0.15, 0.2) is 5.16 Å². The molecule has 0 unspecified atom stereocenters. The van der Waals surface area contributed by atoms with Gasteiger partial charge in [0, 0.05) is 25.2 Å². The molecule has 0 saturated carbocycles. The Morgan fingerprint density at radius 2 is 1.97 bits per heavy atom. The molecule has 1 heterocycles. The summed E-state index contributed by atoms with van der Waals surface area (Å²) in [4.78, 5) is 31.5. The highest BCUT2D eigenvalue weighted by molar-refractivity contribution is 7.99. The second kappa shape index (κ2) is 11.2. The highest BCUT2D eigenvalue weighted by Crippen LogP contribution is 2.19. The lowest BCUT2D eigenvalue weighted by Gasteiger charge is -2.18. The van der Waals surface area contributed by atoms with E-state index < -0.39 is 0 Å². The monoisotopic (exact) mass is 461 g/mol. The van der Waals surface area contributed by atoms with E-state index in [0.29, 0.717) is 52.9 Å². The fourth-order valence-electron chi connectivity index (χ4n) is 2.88. The number of benzene rings is 2. The van der Waals surface area contributed by atoms with Gasteiger partial charge in [0.25, 0.3) is 5.56 Å². The molecule has 3 aromatic rings. The van der Waals surface area contributed by atoms with Gasteiger partial charge in [-0.3, -0.25) is 14.2 Å². The summed E-state index contributed by atoms with van der Waals surface area (Å²) in [5.74, 6) is 0.732. The van der Waals surface area contributed by atoms with Crippen molar-refractivity contribution >= 4 is 40.2 Å². The fraction of sp³-hybridized carbons (Fsp3) is 0.318. The molecule has 2 aromatic carbocycles. The first-order valence-corrected chi connectivity index (χ1v) is 11.2. The Balaban J connectivity index is 1.61. The van der Waals surface area contributed by atoms with E-state index in [1.807, 2.05) is 6.07 Å². The molecule has 7 nitrogen and oxygen atoms in total. The van der Waals surface area contributed by atoms with Crippen LogP contribution in [0.5, 0.6) is 5.75 Å². The quantitative estimate of drug-likeness (QED) is 0.369. The highest BCUT2D eigenvalue weighted by Gasteiger charge is 2.15. The van der Waals surface area contributed by atoms with Crippen LogP contribution < -0.4 is 10.3 Å². The zero-order valence-corrected chi connectivity index (χ0v) is 18.7. The standard InChI is InChI=1S/C22H24ClN3O4S/c1-25(12-14-30-17-9-7-16(23)8-10-17)20(28)15-31-22-24-19-6-3-2-5-18(19)21(29)26(22)11-4-13-27/h2-3,5-10,27H,4,11-15H2,1H3. The number of aliphatic hydroxyl groups excluding tert-OH is 1. The van der Waals surface area contributed by atoms with E-state index in [-0.39, 0.29) is 23.8 Å². The van der Waals surface area contributed by atoms with Gasteiger partial charge in [0.1, 0.15) is 12.4 Å². The van der Waals surface area contributed by atoms with Crippen LogP contribution in [0.25, 0.3) is 10.9 Å². The van der Waals surface area contributed by atoms with Crippen LogP contribution in [0.1, 0.15) is 6.42 Å². The third kappa shape index (κ3) is 6.22. The van der Waals surface area contributed by atoms with Crippen LogP contribution in [-0.4, -0.2) is 58.0 Å². The molecule has 1 N–H and O–H groups in total. The van der Waals surface area contributed by atoms with Gasteiger partial charge in [-0.25, -0.2) is 4.98 Å². The number of para-hydroxylation sites is 1. The summed E-state index contributed by atoms with van der Waals surface area (Å²) >= 11 is 7.07. The SMILES string of the molecule is CN(CCOc1ccc(Cl)cc1)C(=O)CSc1nc2ccccc2c(=O)n1CCCO. The second-order valence-corrected chi connectivity index (χ2v) is 8.23. The second-order valence-electron chi connectivity index (χ2n) is 6.85. The molecule has 31 heavy (non-hydrogen) atoms. The predicted molar refractivity (Wildman–Crippen MR) is 123 cm³/mol. The molecule has 9 heteroatoms. The Labute approximate surface area is 189 Å². The Hall–Kier alpha value is -2.55. The van der Waals surface area contributed by atoms with Crippen LogP contribution in [-0.2, 0) is 11.3 Å². The first-order valence-electron chi connectivity index (χ1n) is 9.85. The first kappa shape index (κ1) is 23.1. The van der Waals surface area contributed by atoms with Gasteiger partial charge in [-0.15, -0.1) is 0 Å². The molecule has 3 rings (SSSR count). The summed E-state index contributed by atoms with van der Waals surface area (Å²) in [5.41, 5.74) is 0.422. The number of hydrogen-bond acceptors (Lipinski definition) is 6. The normalized spacial score (nSPS) is 10.9. The van der Waals surface area contributed by atoms with E-state index in [1.54, 1.807) is 54.4 Å². The molecule has 1 amide bonds. The van der Waals surface area contributed by atoms with Gasteiger partial charge in [-0.2, -0.15) is 0 Å². The Morgan fingerprint density at radius 3 is 2.71 bits per heavy atom. The minimum Gasteiger partial charge on any atom is -0.492 e. The summed E-state index contributed by atoms with van der Waals surface area (Å²) < 4.78 is 7.16. The number of hydrogen-bond donors (Lipinski definition) is 1. The van der Waals surface area contributed by atoms with Crippen molar-refractivity contribution in [2.24, 2.45) is 0 Å². The number of aromatic nitrogens is 2. The number of carbonyl (C=O) groups excluding carboxylic acids is 1. The Bertz CT molecular complexity index is 1090. The molecule has 164 valence electrons. The number of rotatable bonds is 10. The average Bonchev–Trinajstić information content (AvgIpc) is 2.78. The molecule has 0 aliphatic heterocycles. The van der Waals surface area contributed by atoms with Gasteiger partial charge >= 0.3 is 0 Å². The smallest absolute Gasteiger partial charge is 0.262 e. The number of thioether (sulfide) groups is 1. The van der Waals surface area contributed by atoms with Crippen molar-refractivity contribution in [1.82, 2.24) is 14.5 Å². The number of carbonyl (C=O) groups is 1. The van der Waals surface area contributed by atoms with Crippen molar-refractivity contribution in [3.63, 3.8) is 0 Å². The summed E-state index contributed by atoms with van der Waals surface area (Å²) in [5, 5.41) is 10.8. The van der Waals surface area contributed by atoms with Crippen LogP contribution in [0.4, 0.5) is 0 Å². The van der Waals surface area contributed by atoms with E-state index in [1.165, 1.54) is 16.3 Å². The van der Waals surface area contributed by atoms with Crippen molar-refractivity contribution < 1.29 is 14.6 Å². The van der Waals surface area contributed by atoms with Crippen molar-refractivity contribution in [3.8, 4) is 5.75 Å². The number of likely N-dealkylation sites (N-methyl/N-ethyl adjacent to an activating group) is 1. The molecule has 0 spiro atoms. The summed E-state index contributed by atoms with van der Waals surface area (Å²) in [6.07, 6.45) is 0.434. The molecule has 0 bridgehead atoms. The minimum atomic E-state index is -0.168. The maximum absolute atomic E-state index is 12.8. The molecule has 1 aromatic heterocycles. The number of halogens is 1. The zero-order valence-electron chi connectivity index (χ0n) is 17.2. The van der Waals surface area contributed by atoms with Crippen LogP contribution in [0.2, 0.25) is 5.02 Å². The van der Waals surface area contributed by atoms with Crippen molar-refractivity contribution in [3.05, 3.63) is 63.9 Å². The molecule has 0 saturated heterocycles. The van der Waals surface area contributed by atoms with Gasteiger partial charge < -0.3 is 14.7 Å². The lowest BCUT2D eigenvalue weighted by atomic mass is 10.2. The van der Waals surface area contributed by atoms with E-state index in [4.69, 9.17) is 16.3 Å². The number of fused-ring (bicyclic) bond motifs is 1. The van der Waals surface area contributed by atoms with Crippen LogP contribution in [0.3, 0.4) is 0 Å². The Morgan fingerprint density at radius 1 is 1.23 bits per heavy atom. The van der Waals surface area contributed by atoms with Crippen molar-refractivity contribution in [2.45, 2.75) is 18.1 Å². The zero-order chi connectivity index (χ0) is 22.2. The Kier molecular flexibility index (Phi) is 8.34. The topological polar surface area (TPSA) is 84.7 Å². The number of aliphatic hydroxyl groups is 1. The lowest BCUT2D eigenvalue weighted by molar-refractivity contribution is -0.127. The van der Waals surface area contributed by atoms with E-state index in [2.05, 4.69) is 4.98 Å². The molecule has 0 atom stereocenters. The van der Waals surface area contributed by atoms with E-state index in [0.717, 1.165) is 0 Å². The number of amides is 1. The summed E-state index contributed by atoms with van der Waals surface area (Å²) in [6.45, 7) is 1.08. The van der Waals surface area contributed by atoms with Crippen molar-refractivity contribution in [2.75, 3.05) is 32.6 Å². The first-order chi connectivity index (χ1) is 15.0. The largest absolute Gasteiger partial charge is 0.492 e. The third-order valence-electron chi connectivity index (χ3n) is 4.63. The van der Waals surface area contributed by atoms with E-state index >= 15 is 0 Å². The highest BCUT2D eigenvalue weighted by atomic mass is 35.5. The van der Waals surface area contributed by atoms with Gasteiger partial charge in [-0.05, 0) is 42.8 Å². The minimum absolute atomic E-state index is 0.0291. The molecular weight excluding hydrogens is 438 g/mol. The molecule has 0 radical (unpaired) electrons. The molecular formula is C22H24ClN3O4S. The molecule has 0 aliphatic carbocycles. The number of ether oxygens (including phenoxy) is 1. The number of nitrogens with zero attached hydrogens (tertiary/aromatic N) is 3. The molecule has 0 aliphatic rings. The van der Waals surface area contributed by atoms with Gasteiger partial charge in [-0.1, -0.05) is 35.5 Å². The average molecular weight is 462 g/mol. The van der Waals surface area contributed by atoms with Crippen LogP contribution >= 0.6 is 23.4 Å². The van der Waals surface area contributed by atoms with Crippen LogP contribution in [0.15, 0.2) is 58.5 Å². The maximum atomic E-state index is 12.8. The summed E-state index contributed by atoms with van der Waals surface area (Å²) in [6, 6.07) is 14.2. The fourth-order valence-corrected chi connectivity index (χ4v) is 3.97.